The fourth-order valence-corrected chi connectivity index (χ4v) is 2.49. The van der Waals surface area contributed by atoms with Crippen LogP contribution in [0, 0.1) is 0 Å². The smallest absolute Gasteiger partial charge is 0.326 e. The number of carbonyl (C=O) groups excluding carboxylic acids is 1. The number of likely N-dealkylation sites (tertiary alicyclic amines) is 1. The predicted molar refractivity (Wildman–Crippen MR) is 73.4 cm³/mol. The zero-order chi connectivity index (χ0) is 14.7. The molecule has 7 heteroatoms. The number of halogens is 1. The first-order valence-corrected chi connectivity index (χ1v) is 6.85. The van der Waals surface area contributed by atoms with Crippen molar-refractivity contribution in [2.75, 3.05) is 13.2 Å². The van der Waals surface area contributed by atoms with Gasteiger partial charge in [-0.15, -0.1) is 0 Å². The van der Waals surface area contributed by atoms with E-state index in [9.17, 15) is 14.7 Å². The molecule has 0 bridgehead atoms. The third kappa shape index (κ3) is 3.49. The number of hydrogen-bond acceptors (Lipinski definition) is 4. The van der Waals surface area contributed by atoms with Crippen molar-refractivity contribution in [3.63, 3.8) is 0 Å². The number of benzene rings is 1. The third-order valence-electron chi connectivity index (χ3n) is 3.04. The summed E-state index contributed by atoms with van der Waals surface area (Å²) < 4.78 is 6.15. The Hall–Kier alpha value is -1.60. The van der Waals surface area contributed by atoms with Gasteiger partial charge in [0.2, 0.25) is 0 Å². The van der Waals surface area contributed by atoms with Gasteiger partial charge in [-0.2, -0.15) is 0 Å². The predicted octanol–water partition coefficient (Wildman–Crippen LogP) is 0.874. The summed E-state index contributed by atoms with van der Waals surface area (Å²) >= 11 is 3.29. The Morgan fingerprint density at radius 2 is 2.20 bits per heavy atom. The lowest BCUT2D eigenvalue weighted by atomic mass is 10.2. The number of β-amino-alcohol motifs (C(OH)–C–C–N with tert-alkyl or cyclic N) is 1. The molecule has 2 N–H and O–H groups in total. The van der Waals surface area contributed by atoms with Gasteiger partial charge in [0, 0.05) is 17.4 Å². The number of hydrogen-bond donors (Lipinski definition) is 2. The van der Waals surface area contributed by atoms with E-state index in [4.69, 9.17) is 9.84 Å². The first kappa shape index (κ1) is 14.8. The molecule has 1 fully saturated rings. The lowest BCUT2D eigenvalue weighted by Crippen LogP contribution is -2.42. The van der Waals surface area contributed by atoms with Gasteiger partial charge in [0.05, 0.1) is 6.10 Å². The van der Waals surface area contributed by atoms with Crippen LogP contribution in [0.3, 0.4) is 0 Å². The number of carboxylic acids is 1. The van der Waals surface area contributed by atoms with Gasteiger partial charge in [-0.25, -0.2) is 4.79 Å². The van der Waals surface area contributed by atoms with Crippen molar-refractivity contribution in [2.45, 2.75) is 18.6 Å². The maximum atomic E-state index is 12.0. The number of carboxylic acid groups (broad SMARTS) is 1. The van der Waals surface area contributed by atoms with Crippen molar-refractivity contribution in [1.82, 2.24) is 4.90 Å². The van der Waals surface area contributed by atoms with E-state index >= 15 is 0 Å². The van der Waals surface area contributed by atoms with Crippen LogP contribution < -0.4 is 4.74 Å². The minimum atomic E-state index is -1.11. The number of aliphatic carboxylic acids is 1. The average Bonchev–Trinajstić information content (AvgIpc) is 2.78. The summed E-state index contributed by atoms with van der Waals surface area (Å²) in [5, 5.41) is 18.5. The maximum absolute atomic E-state index is 12.0. The molecule has 2 atom stereocenters. The van der Waals surface area contributed by atoms with E-state index < -0.39 is 24.0 Å². The first-order chi connectivity index (χ1) is 9.47. The molecular formula is C13H14BrNO5. The maximum Gasteiger partial charge on any atom is 0.326 e. The SMILES string of the molecule is O=C(O)[C@@H]1C[C@@H](O)CN1C(=O)COc1cccc(Br)c1. The van der Waals surface area contributed by atoms with Crippen LogP contribution in [-0.4, -0.2) is 52.3 Å². The summed E-state index contributed by atoms with van der Waals surface area (Å²) in [5.74, 6) is -1.05. The minimum absolute atomic E-state index is 0.0254. The molecule has 1 aliphatic rings. The van der Waals surface area contributed by atoms with Gasteiger partial charge in [0.15, 0.2) is 6.61 Å². The van der Waals surface area contributed by atoms with E-state index in [2.05, 4.69) is 15.9 Å². The minimum Gasteiger partial charge on any atom is -0.484 e. The lowest BCUT2D eigenvalue weighted by molar-refractivity contribution is -0.148. The van der Waals surface area contributed by atoms with Crippen LogP contribution in [0.5, 0.6) is 5.75 Å². The van der Waals surface area contributed by atoms with Crippen molar-refractivity contribution in [1.29, 1.82) is 0 Å². The van der Waals surface area contributed by atoms with Gasteiger partial charge in [0.1, 0.15) is 11.8 Å². The van der Waals surface area contributed by atoms with Crippen molar-refractivity contribution in [2.24, 2.45) is 0 Å². The molecule has 1 saturated heterocycles. The number of rotatable bonds is 4. The number of nitrogens with zero attached hydrogens (tertiary/aromatic N) is 1. The largest absolute Gasteiger partial charge is 0.484 e. The summed E-state index contributed by atoms with van der Waals surface area (Å²) in [6, 6.07) is 6.02. The van der Waals surface area contributed by atoms with Crippen molar-refractivity contribution >= 4 is 27.8 Å². The summed E-state index contributed by atoms with van der Waals surface area (Å²) in [4.78, 5) is 24.2. The fourth-order valence-electron chi connectivity index (χ4n) is 2.11. The Morgan fingerprint density at radius 1 is 1.45 bits per heavy atom. The highest BCUT2D eigenvalue weighted by molar-refractivity contribution is 9.10. The number of carbonyl (C=O) groups is 2. The summed E-state index contributed by atoms with van der Waals surface area (Å²) in [6.07, 6.45) is -0.747. The van der Waals surface area contributed by atoms with E-state index in [1.54, 1.807) is 18.2 Å². The van der Waals surface area contributed by atoms with Crippen molar-refractivity contribution in [3.05, 3.63) is 28.7 Å². The van der Waals surface area contributed by atoms with Crippen molar-refractivity contribution < 1.29 is 24.5 Å². The Labute approximate surface area is 124 Å². The second-order valence-electron chi connectivity index (χ2n) is 4.54. The molecule has 0 spiro atoms. The molecular weight excluding hydrogens is 330 g/mol. The van der Waals surface area contributed by atoms with Crippen LogP contribution >= 0.6 is 15.9 Å². The molecule has 2 rings (SSSR count). The molecule has 1 heterocycles. The Balaban J connectivity index is 1.96. The Kier molecular flexibility index (Phi) is 4.61. The van der Waals surface area contributed by atoms with Crippen LogP contribution in [0.1, 0.15) is 6.42 Å². The number of amides is 1. The highest BCUT2D eigenvalue weighted by Gasteiger charge is 2.38. The van der Waals surface area contributed by atoms with Gasteiger partial charge >= 0.3 is 5.97 Å². The van der Waals surface area contributed by atoms with E-state index in [1.165, 1.54) is 0 Å². The van der Waals surface area contributed by atoms with Gasteiger partial charge in [-0.05, 0) is 18.2 Å². The molecule has 1 aromatic carbocycles. The first-order valence-electron chi connectivity index (χ1n) is 6.06. The molecule has 1 amide bonds. The highest BCUT2D eigenvalue weighted by atomic mass is 79.9. The molecule has 1 aromatic rings. The van der Waals surface area contributed by atoms with Crippen LogP contribution in [0.2, 0.25) is 0 Å². The molecule has 6 nitrogen and oxygen atoms in total. The normalized spacial score (nSPS) is 21.8. The summed E-state index contributed by atoms with van der Waals surface area (Å²) in [5.41, 5.74) is 0. The van der Waals surface area contributed by atoms with Crippen LogP contribution in [-0.2, 0) is 9.59 Å². The van der Waals surface area contributed by atoms with Gasteiger partial charge in [-0.1, -0.05) is 22.0 Å². The monoisotopic (exact) mass is 343 g/mol. The molecule has 108 valence electrons. The number of aliphatic hydroxyl groups excluding tert-OH is 1. The van der Waals surface area contributed by atoms with Gasteiger partial charge in [-0.3, -0.25) is 4.79 Å². The molecule has 0 unspecified atom stereocenters. The van der Waals surface area contributed by atoms with Crippen LogP contribution in [0.15, 0.2) is 28.7 Å². The number of ether oxygens (including phenoxy) is 1. The Morgan fingerprint density at radius 3 is 2.85 bits per heavy atom. The van der Waals surface area contributed by atoms with E-state index in [1.807, 2.05) is 6.07 Å². The second-order valence-corrected chi connectivity index (χ2v) is 5.45. The van der Waals surface area contributed by atoms with Gasteiger partial charge < -0.3 is 19.8 Å². The van der Waals surface area contributed by atoms with Crippen LogP contribution in [0.25, 0.3) is 0 Å². The van der Waals surface area contributed by atoms with Crippen molar-refractivity contribution in [3.8, 4) is 5.75 Å². The quantitative estimate of drug-likeness (QED) is 0.847. The van der Waals surface area contributed by atoms with Gasteiger partial charge in [0.25, 0.3) is 5.91 Å². The zero-order valence-corrected chi connectivity index (χ0v) is 12.1. The summed E-state index contributed by atoms with van der Waals surface area (Å²) in [6.45, 7) is -0.232. The van der Waals surface area contributed by atoms with Crippen LogP contribution in [0.4, 0.5) is 0 Å². The van der Waals surface area contributed by atoms with E-state index in [0.29, 0.717) is 5.75 Å². The average molecular weight is 344 g/mol. The standard InChI is InChI=1S/C13H14BrNO5/c14-8-2-1-3-10(4-8)20-7-12(17)15-6-9(16)5-11(15)13(18)19/h1-4,9,11,16H,5-7H2,(H,18,19)/t9-,11+/m1/s1. The molecule has 0 aliphatic carbocycles. The molecule has 0 aromatic heterocycles. The topological polar surface area (TPSA) is 87.1 Å². The van der Waals surface area contributed by atoms with E-state index in [0.717, 1.165) is 9.37 Å². The van der Waals surface area contributed by atoms with E-state index in [-0.39, 0.29) is 19.6 Å². The zero-order valence-electron chi connectivity index (χ0n) is 10.5. The fraction of sp³-hybridized carbons (Fsp3) is 0.385. The lowest BCUT2D eigenvalue weighted by Gasteiger charge is -2.21. The second kappa shape index (κ2) is 6.23. The molecule has 0 radical (unpaired) electrons. The third-order valence-corrected chi connectivity index (χ3v) is 3.54. The highest BCUT2D eigenvalue weighted by Crippen LogP contribution is 2.20. The number of aliphatic hydroxyl groups is 1. The molecule has 0 saturated carbocycles. The molecule has 1 aliphatic heterocycles. The molecule has 20 heavy (non-hydrogen) atoms. The Bertz CT molecular complexity index is 521. The summed E-state index contributed by atoms with van der Waals surface area (Å²) in [7, 11) is 0.